The highest BCUT2D eigenvalue weighted by molar-refractivity contribution is 5.94. The van der Waals surface area contributed by atoms with Crippen molar-refractivity contribution in [2.45, 2.75) is 39.5 Å². The number of amides is 1. The SMILES string of the molecule is CC(C)OCCOCc1cccc(NC(=O)[C@@H](C)N)c1.Cl. The number of anilines is 1. The van der Waals surface area contributed by atoms with E-state index in [1.807, 2.05) is 38.1 Å². The van der Waals surface area contributed by atoms with Crippen LogP contribution in [0.25, 0.3) is 0 Å². The second kappa shape index (κ2) is 10.6. The van der Waals surface area contributed by atoms with Crippen LogP contribution in [0.5, 0.6) is 0 Å². The fourth-order valence-corrected chi connectivity index (χ4v) is 1.53. The molecule has 1 aromatic carbocycles. The Balaban J connectivity index is 0.00000400. The third kappa shape index (κ3) is 8.67. The molecule has 0 radical (unpaired) electrons. The van der Waals surface area contributed by atoms with Crippen LogP contribution in [0.2, 0.25) is 0 Å². The van der Waals surface area contributed by atoms with E-state index in [1.165, 1.54) is 0 Å². The number of carbonyl (C=O) groups is 1. The van der Waals surface area contributed by atoms with E-state index in [0.29, 0.717) is 19.8 Å². The van der Waals surface area contributed by atoms with Gasteiger partial charge in [-0.2, -0.15) is 0 Å². The molecule has 3 N–H and O–H groups in total. The van der Waals surface area contributed by atoms with Crippen LogP contribution in [-0.4, -0.2) is 31.3 Å². The Hall–Kier alpha value is -1.14. The summed E-state index contributed by atoms with van der Waals surface area (Å²) in [6, 6.07) is 7.00. The molecule has 120 valence electrons. The maximum Gasteiger partial charge on any atom is 0.240 e. The zero-order chi connectivity index (χ0) is 15.0. The molecule has 1 amide bonds. The summed E-state index contributed by atoms with van der Waals surface area (Å²) in [7, 11) is 0. The molecule has 0 saturated carbocycles. The molecule has 21 heavy (non-hydrogen) atoms. The maximum atomic E-state index is 11.5. The Morgan fingerprint density at radius 1 is 1.29 bits per heavy atom. The molecule has 0 heterocycles. The number of hydrogen-bond acceptors (Lipinski definition) is 4. The van der Waals surface area contributed by atoms with Crippen molar-refractivity contribution in [3.63, 3.8) is 0 Å². The minimum atomic E-state index is -0.525. The van der Waals surface area contributed by atoms with Crippen LogP contribution in [0.1, 0.15) is 26.3 Å². The third-order valence-corrected chi connectivity index (χ3v) is 2.56. The molecule has 0 aromatic heterocycles. The first-order chi connectivity index (χ1) is 9.49. The van der Waals surface area contributed by atoms with E-state index >= 15 is 0 Å². The topological polar surface area (TPSA) is 73.6 Å². The quantitative estimate of drug-likeness (QED) is 0.722. The van der Waals surface area contributed by atoms with Crippen molar-refractivity contribution in [1.82, 2.24) is 0 Å². The van der Waals surface area contributed by atoms with Gasteiger partial charge in [-0.15, -0.1) is 12.4 Å². The summed E-state index contributed by atoms with van der Waals surface area (Å²) in [6.45, 7) is 7.25. The highest BCUT2D eigenvalue weighted by Crippen LogP contribution is 2.11. The van der Waals surface area contributed by atoms with Gasteiger partial charge in [-0.1, -0.05) is 12.1 Å². The van der Waals surface area contributed by atoms with Crippen molar-refractivity contribution >= 4 is 24.0 Å². The molecule has 0 bridgehead atoms. The van der Waals surface area contributed by atoms with Crippen LogP contribution >= 0.6 is 12.4 Å². The molecule has 0 aliphatic heterocycles. The summed E-state index contributed by atoms with van der Waals surface area (Å²) in [5, 5.41) is 2.75. The molecule has 0 aliphatic carbocycles. The summed E-state index contributed by atoms with van der Waals surface area (Å²) in [6.07, 6.45) is 0.218. The molecular formula is C15H25ClN2O3. The Kier molecular flexibility index (Phi) is 9.99. The lowest BCUT2D eigenvalue weighted by Crippen LogP contribution is -2.32. The van der Waals surface area contributed by atoms with Crippen molar-refractivity contribution in [2.75, 3.05) is 18.5 Å². The molecule has 6 heteroatoms. The van der Waals surface area contributed by atoms with Crippen LogP contribution in [0.3, 0.4) is 0 Å². The van der Waals surface area contributed by atoms with Crippen LogP contribution in [0, 0.1) is 0 Å². The van der Waals surface area contributed by atoms with Crippen molar-refractivity contribution in [2.24, 2.45) is 5.73 Å². The normalized spacial score (nSPS) is 11.9. The van der Waals surface area contributed by atoms with E-state index in [9.17, 15) is 4.79 Å². The zero-order valence-electron chi connectivity index (χ0n) is 12.8. The van der Waals surface area contributed by atoms with Gasteiger partial charge in [0.1, 0.15) is 0 Å². The first kappa shape index (κ1) is 19.9. The Morgan fingerprint density at radius 3 is 2.62 bits per heavy atom. The lowest BCUT2D eigenvalue weighted by atomic mass is 10.2. The number of hydrogen-bond donors (Lipinski definition) is 2. The maximum absolute atomic E-state index is 11.5. The van der Waals surface area contributed by atoms with E-state index in [4.69, 9.17) is 15.2 Å². The van der Waals surface area contributed by atoms with E-state index < -0.39 is 6.04 Å². The predicted molar refractivity (Wildman–Crippen MR) is 86.7 cm³/mol. The predicted octanol–water partition coefficient (Wildman–Crippen LogP) is 2.34. The fourth-order valence-electron chi connectivity index (χ4n) is 1.53. The lowest BCUT2D eigenvalue weighted by Gasteiger charge is -2.10. The van der Waals surface area contributed by atoms with Gasteiger partial charge in [-0.05, 0) is 38.5 Å². The smallest absolute Gasteiger partial charge is 0.240 e. The number of carbonyl (C=O) groups excluding carboxylic acids is 1. The Bertz CT molecular complexity index is 425. The first-order valence-corrected chi connectivity index (χ1v) is 6.83. The molecule has 0 saturated heterocycles. The average molecular weight is 317 g/mol. The van der Waals surface area contributed by atoms with Crippen molar-refractivity contribution < 1.29 is 14.3 Å². The second-order valence-corrected chi connectivity index (χ2v) is 4.95. The number of nitrogens with one attached hydrogen (secondary N) is 1. The van der Waals surface area contributed by atoms with E-state index in [2.05, 4.69) is 5.32 Å². The molecule has 1 rings (SSSR count). The van der Waals surface area contributed by atoms with Crippen LogP contribution in [0.4, 0.5) is 5.69 Å². The first-order valence-electron chi connectivity index (χ1n) is 6.83. The number of halogens is 1. The highest BCUT2D eigenvalue weighted by Gasteiger charge is 2.07. The number of rotatable bonds is 8. The summed E-state index contributed by atoms with van der Waals surface area (Å²) in [5.41, 5.74) is 7.23. The molecule has 0 aliphatic rings. The van der Waals surface area contributed by atoms with Gasteiger partial charge < -0.3 is 20.5 Å². The van der Waals surface area contributed by atoms with Gasteiger partial charge in [0.25, 0.3) is 0 Å². The molecule has 0 fully saturated rings. The van der Waals surface area contributed by atoms with Gasteiger partial charge in [0.05, 0.1) is 32.0 Å². The highest BCUT2D eigenvalue weighted by atomic mass is 35.5. The number of benzene rings is 1. The van der Waals surface area contributed by atoms with Crippen LogP contribution in [0.15, 0.2) is 24.3 Å². The fraction of sp³-hybridized carbons (Fsp3) is 0.533. The molecule has 0 spiro atoms. The van der Waals surface area contributed by atoms with Gasteiger partial charge in [-0.3, -0.25) is 4.79 Å². The molecule has 1 atom stereocenters. The van der Waals surface area contributed by atoms with Crippen LogP contribution < -0.4 is 11.1 Å². The van der Waals surface area contributed by atoms with E-state index in [1.54, 1.807) is 6.92 Å². The standard InChI is InChI=1S/C15H24N2O3.ClH/c1-11(2)20-8-7-19-10-13-5-4-6-14(9-13)17-15(18)12(3)16;/h4-6,9,11-12H,7-8,10,16H2,1-3H3,(H,17,18);1H/t12-;/m1./s1. The summed E-state index contributed by atoms with van der Waals surface area (Å²) in [4.78, 5) is 11.5. The Morgan fingerprint density at radius 2 is 2.00 bits per heavy atom. The molecule has 5 nitrogen and oxygen atoms in total. The van der Waals surface area contributed by atoms with Crippen molar-refractivity contribution in [3.05, 3.63) is 29.8 Å². The van der Waals surface area contributed by atoms with Gasteiger partial charge in [-0.25, -0.2) is 0 Å². The zero-order valence-corrected chi connectivity index (χ0v) is 13.6. The molecule has 1 aromatic rings. The van der Waals surface area contributed by atoms with Crippen LogP contribution in [-0.2, 0) is 20.9 Å². The second-order valence-electron chi connectivity index (χ2n) is 4.95. The van der Waals surface area contributed by atoms with Gasteiger partial charge >= 0.3 is 0 Å². The minimum Gasteiger partial charge on any atom is -0.376 e. The van der Waals surface area contributed by atoms with E-state index in [-0.39, 0.29) is 24.4 Å². The number of ether oxygens (including phenoxy) is 2. The molecule has 0 unspecified atom stereocenters. The van der Waals surface area contributed by atoms with Gasteiger partial charge in [0.2, 0.25) is 5.91 Å². The van der Waals surface area contributed by atoms with Gasteiger partial charge in [0, 0.05) is 5.69 Å². The average Bonchev–Trinajstić information content (AvgIpc) is 2.38. The summed E-state index contributed by atoms with van der Waals surface area (Å²) in [5.74, 6) is -0.201. The third-order valence-electron chi connectivity index (χ3n) is 2.56. The van der Waals surface area contributed by atoms with Crippen molar-refractivity contribution in [3.8, 4) is 0 Å². The van der Waals surface area contributed by atoms with E-state index in [0.717, 1.165) is 11.3 Å². The molecular weight excluding hydrogens is 292 g/mol. The number of nitrogens with two attached hydrogens (primary N) is 1. The monoisotopic (exact) mass is 316 g/mol. The summed E-state index contributed by atoms with van der Waals surface area (Å²) < 4.78 is 10.9. The largest absolute Gasteiger partial charge is 0.376 e. The van der Waals surface area contributed by atoms with Gasteiger partial charge in [0.15, 0.2) is 0 Å². The minimum absolute atomic E-state index is 0. The summed E-state index contributed by atoms with van der Waals surface area (Å²) >= 11 is 0. The Labute approximate surface area is 132 Å². The lowest BCUT2D eigenvalue weighted by molar-refractivity contribution is -0.117. The van der Waals surface area contributed by atoms with Crippen molar-refractivity contribution in [1.29, 1.82) is 0 Å².